The maximum atomic E-state index is 12.3. The second kappa shape index (κ2) is 8.07. The molecule has 0 atom stereocenters. The number of halogens is 1. The predicted octanol–water partition coefficient (Wildman–Crippen LogP) is 2.91. The largest absolute Gasteiger partial charge is 0.334 e. The molecule has 3 aromatic rings. The second-order valence-corrected chi connectivity index (χ2v) is 6.77. The van der Waals surface area contributed by atoms with Gasteiger partial charge in [-0.15, -0.1) is 11.8 Å². The first kappa shape index (κ1) is 18.0. The van der Waals surface area contributed by atoms with Gasteiger partial charge >= 0.3 is 5.69 Å². The summed E-state index contributed by atoms with van der Waals surface area (Å²) in [6.45, 7) is 0. The molecule has 1 amide bonds. The van der Waals surface area contributed by atoms with Gasteiger partial charge in [-0.2, -0.15) is 0 Å². The molecule has 1 heterocycles. The first-order valence-corrected chi connectivity index (χ1v) is 8.99. The van der Waals surface area contributed by atoms with Gasteiger partial charge < -0.3 is 5.32 Å². The summed E-state index contributed by atoms with van der Waals surface area (Å²) in [5.74, 6) is -0.111. The van der Waals surface area contributed by atoms with Crippen LogP contribution in [-0.4, -0.2) is 21.2 Å². The van der Waals surface area contributed by atoms with Crippen molar-refractivity contribution < 1.29 is 4.79 Å². The number of anilines is 1. The van der Waals surface area contributed by atoms with Gasteiger partial charge in [0.05, 0.1) is 11.4 Å². The minimum absolute atomic E-state index is 0.0830. The quantitative estimate of drug-likeness (QED) is 0.659. The van der Waals surface area contributed by atoms with Crippen LogP contribution in [0.2, 0.25) is 5.02 Å². The number of H-pyrrole nitrogens is 1. The van der Waals surface area contributed by atoms with Crippen LogP contribution in [0.5, 0.6) is 0 Å². The minimum Gasteiger partial charge on any atom is -0.311 e. The molecule has 8 heteroatoms. The second-order valence-electron chi connectivity index (χ2n) is 5.29. The Morgan fingerprint density at radius 2 is 1.85 bits per heavy atom. The maximum absolute atomic E-state index is 12.3. The summed E-state index contributed by atoms with van der Waals surface area (Å²) in [6.07, 6.45) is 0. The topological polar surface area (TPSA) is 84.0 Å². The zero-order valence-electron chi connectivity index (χ0n) is 13.4. The smallest absolute Gasteiger partial charge is 0.311 e. The molecule has 0 aliphatic heterocycles. The molecule has 0 bridgehead atoms. The number of thioether (sulfide) groups is 1. The van der Waals surface area contributed by atoms with Gasteiger partial charge in [-0.05, 0) is 30.3 Å². The van der Waals surface area contributed by atoms with E-state index in [0.29, 0.717) is 10.7 Å². The van der Waals surface area contributed by atoms with E-state index in [2.05, 4.69) is 10.3 Å². The molecule has 1 aromatic heterocycles. The van der Waals surface area contributed by atoms with E-state index in [-0.39, 0.29) is 17.5 Å². The van der Waals surface area contributed by atoms with Gasteiger partial charge in [-0.3, -0.25) is 14.6 Å². The number of carbonyl (C=O) groups is 1. The number of nitrogens with one attached hydrogen (secondary N) is 2. The summed E-state index contributed by atoms with van der Waals surface area (Å²) in [5, 5.41) is 3.05. The molecule has 0 unspecified atom stereocenters. The fraction of sp³-hybridized carbons (Fsp3) is 0.0556. The molecular weight excluding hydrogens is 374 g/mol. The highest BCUT2D eigenvalue weighted by atomic mass is 35.5. The third-order valence-electron chi connectivity index (χ3n) is 3.39. The van der Waals surface area contributed by atoms with Gasteiger partial charge in [0.25, 0.3) is 5.56 Å². The first-order valence-electron chi connectivity index (χ1n) is 7.63. The van der Waals surface area contributed by atoms with Gasteiger partial charge in [0, 0.05) is 16.0 Å². The lowest BCUT2D eigenvalue weighted by molar-refractivity contribution is -0.113. The summed E-state index contributed by atoms with van der Waals surface area (Å²) in [6, 6.07) is 17.2. The number of aromatic nitrogens is 2. The zero-order chi connectivity index (χ0) is 18.5. The van der Waals surface area contributed by atoms with Gasteiger partial charge in [-0.25, -0.2) is 9.36 Å². The molecule has 0 radical (unpaired) electrons. The number of benzene rings is 2. The van der Waals surface area contributed by atoms with Crippen LogP contribution in [0.3, 0.4) is 0 Å². The van der Waals surface area contributed by atoms with Crippen molar-refractivity contribution in [1.82, 2.24) is 9.55 Å². The van der Waals surface area contributed by atoms with Crippen LogP contribution in [0.1, 0.15) is 0 Å². The minimum atomic E-state index is -0.661. The molecule has 2 aromatic carbocycles. The van der Waals surface area contributed by atoms with Gasteiger partial charge in [-0.1, -0.05) is 35.9 Å². The average Bonchev–Trinajstić information content (AvgIpc) is 2.60. The number of aromatic amines is 1. The Labute approximate surface area is 157 Å². The van der Waals surface area contributed by atoms with Gasteiger partial charge in [0.15, 0.2) is 0 Å². The van der Waals surface area contributed by atoms with Crippen LogP contribution < -0.4 is 16.6 Å². The summed E-state index contributed by atoms with van der Waals surface area (Å²) >= 11 is 7.33. The summed E-state index contributed by atoms with van der Waals surface area (Å²) in [4.78, 5) is 39.3. The zero-order valence-corrected chi connectivity index (χ0v) is 15.0. The number of nitrogens with zero attached hydrogens (tertiary/aromatic N) is 1. The van der Waals surface area contributed by atoms with Crippen molar-refractivity contribution in [2.75, 3.05) is 11.1 Å². The van der Waals surface area contributed by atoms with Crippen molar-refractivity contribution in [3.8, 4) is 5.69 Å². The molecule has 132 valence electrons. The van der Waals surface area contributed by atoms with E-state index in [9.17, 15) is 14.4 Å². The number of carbonyl (C=O) groups excluding carboxylic acids is 1. The fourth-order valence-corrected chi connectivity index (χ4v) is 3.21. The Balaban J connectivity index is 1.86. The molecular formula is C18H14ClN3O3S. The molecule has 0 spiro atoms. The summed E-state index contributed by atoms with van der Waals surface area (Å²) in [7, 11) is 0. The molecule has 0 aliphatic carbocycles. The van der Waals surface area contributed by atoms with Crippen molar-refractivity contribution in [3.63, 3.8) is 0 Å². The van der Waals surface area contributed by atoms with Crippen LogP contribution >= 0.6 is 23.4 Å². The number of hydrogen-bond donors (Lipinski definition) is 2. The molecule has 6 nitrogen and oxygen atoms in total. The maximum Gasteiger partial charge on any atom is 0.334 e. The van der Waals surface area contributed by atoms with Crippen LogP contribution in [0.25, 0.3) is 5.69 Å². The van der Waals surface area contributed by atoms with E-state index in [4.69, 9.17) is 11.6 Å². The van der Waals surface area contributed by atoms with E-state index < -0.39 is 11.2 Å². The van der Waals surface area contributed by atoms with E-state index in [1.165, 1.54) is 16.3 Å². The van der Waals surface area contributed by atoms with Gasteiger partial charge in [0.2, 0.25) is 5.91 Å². The normalized spacial score (nSPS) is 10.5. The highest BCUT2D eigenvalue weighted by Crippen LogP contribution is 2.19. The Hall–Kier alpha value is -2.77. The van der Waals surface area contributed by atoms with Crippen molar-refractivity contribution in [1.29, 1.82) is 0 Å². The van der Waals surface area contributed by atoms with Crippen LogP contribution in [0.15, 0.2) is 75.1 Å². The van der Waals surface area contributed by atoms with Crippen LogP contribution in [0, 0.1) is 0 Å². The highest BCUT2D eigenvalue weighted by Gasteiger charge is 2.12. The number of amides is 1. The van der Waals surface area contributed by atoms with Crippen molar-refractivity contribution >= 4 is 35.1 Å². The van der Waals surface area contributed by atoms with E-state index in [1.54, 1.807) is 24.3 Å². The highest BCUT2D eigenvalue weighted by molar-refractivity contribution is 8.00. The molecule has 2 N–H and O–H groups in total. The Bertz CT molecular complexity index is 1050. The fourth-order valence-electron chi connectivity index (χ4n) is 2.30. The molecule has 26 heavy (non-hydrogen) atoms. The number of rotatable bonds is 5. The Morgan fingerprint density at radius 3 is 2.58 bits per heavy atom. The number of hydrogen-bond acceptors (Lipinski definition) is 4. The average molecular weight is 388 g/mol. The van der Waals surface area contributed by atoms with E-state index in [0.717, 1.165) is 11.0 Å². The lowest BCUT2D eigenvalue weighted by Crippen LogP contribution is -2.32. The van der Waals surface area contributed by atoms with Crippen molar-refractivity contribution in [2.24, 2.45) is 0 Å². The third-order valence-corrected chi connectivity index (χ3v) is 4.64. The van der Waals surface area contributed by atoms with Crippen molar-refractivity contribution in [2.45, 2.75) is 4.90 Å². The summed E-state index contributed by atoms with van der Waals surface area (Å²) in [5.41, 5.74) is -0.824. The van der Waals surface area contributed by atoms with Crippen molar-refractivity contribution in [3.05, 3.63) is 86.5 Å². The standard InChI is InChI=1S/C18H14ClN3O3S/c19-12-5-4-6-13(9-12)22-15(10-16(23)21-18(22)25)20-17(24)11-26-14-7-2-1-3-8-14/h1-10H,11H2,(H,20,24)(H,21,23,25). The first-order chi connectivity index (χ1) is 12.5. The molecule has 3 rings (SSSR count). The Kier molecular flexibility index (Phi) is 5.60. The lowest BCUT2D eigenvalue weighted by atomic mass is 10.3. The van der Waals surface area contributed by atoms with Gasteiger partial charge in [0.1, 0.15) is 5.82 Å². The monoisotopic (exact) mass is 387 g/mol. The van der Waals surface area contributed by atoms with E-state index >= 15 is 0 Å². The SMILES string of the molecule is O=C(CSc1ccccc1)Nc1cc(=O)[nH]c(=O)n1-c1cccc(Cl)c1. The predicted molar refractivity (Wildman–Crippen MR) is 103 cm³/mol. The summed E-state index contributed by atoms with van der Waals surface area (Å²) < 4.78 is 1.19. The van der Waals surface area contributed by atoms with Crippen LogP contribution in [0.4, 0.5) is 5.82 Å². The van der Waals surface area contributed by atoms with Crippen LogP contribution in [-0.2, 0) is 4.79 Å². The third kappa shape index (κ3) is 4.44. The Morgan fingerprint density at radius 1 is 1.08 bits per heavy atom. The molecule has 0 saturated heterocycles. The molecule has 0 fully saturated rings. The lowest BCUT2D eigenvalue weighted by Gasteiger charge is -2.13. The molecule has 0 aliphatic rings. The molecule has 0 saturated carbocycles. The van der Waals surface area contributed by atoms with E-state index in [1.807, 2.05) is 30.3 Å².